The molecule has 1 heterocycles. The molecule has 0 aliphatic carbocycles. The maximum absolute atomic E-state index is 12.2. The van der Waals surface area contributed by atoms with Crippen molar-refractivity contribution in [1.29, 1.82) is 0 Å². The van der Waals surface area contributed by atoms with Gasteiger partial charge in [0, 0.05) is 12.0 Å². The number of nitrogens with two attached hydrogens (primary N) is 1. The Labute approximate surface area is 128 Å². The highest BCUT2D eigenvalue weighted by molar-refractivity contribution is 5.78. The smallest absolute Gasteiger partial charge is 0.270 e. The first kappa shape index (κ1) is 14.2. The third-order valence-corrected chi connectivity index (χ3v) is 3.65. The molecule has 0 saturated heterocycles. The lowest BCUT2D eigenvalue weighted by Gasteiger charge is -2.11. The van der Waals surface area contributed by atoms with Crippen LogP contribution in [-0.4, -0.2) is 9.97 Å². The van der Waals surface area contributed by atoms with Gasteiger partial charge in [0.15, 0.2) is 0 Å². The number of H-pyrrole nitrogens is 1. The van der Waals surface area contributed by atoms with Gasteiger partial charge in [0.1, 0.15) is 5.69 Å². The number of para-hydroxylation sites is 1. The summed E-state index contributed by atoms with van der Waals surface area (Å²) in [6, 6.07) is 15.1. The number of hydrogen-bond donors (Lipinski definition) is 2. The fraction of sp³-hybridized carbons (Fsp3) is 0.111. The van der Waals surface area contributed by atoms with Gasteiger partial charge >= 0.3 is 0 Å². The molecule has 3 N–H and O–H groups in total. The predicted octanol–water partition coefficient (Wildman–Crippen LogP) is 2.70. The summed E-state index contributed by atoms with van der Waals surface area (Å²) in [5.74, 6) is 0. The van der Waals surface area contributed by atoms with Gasteiger partial charge < -0.3 is 10.7 Å². The highest BCUT2D eigenvalue weighted by Gasteiger charge is 2.11. The van der Waals surface area contributed by atoms with E-state index >= 15 is 0 Å². The minimum absolute atomic E-state index is 0.166. The largest absolute Gasteiger partial charge is 0.321 e. The molecule has 0 aliphatic rings. The predicted molar refractivity (Wildman–Crippen MR) is 88.7 cm³/mol. The molecule has 1 unspecified atom stereocenters. The molecule has 1 atom stereocenters. The zero-order chi connectivity index (χ0) is 15.5. The number of rotatable bonds is 4. The van der Waals surface area contributed by atoms with E-state index in [0.717, 1.165) is 16.6 Å². The highest BCUT2D eigenvalue weighted by atomic mass is 16.1. The van der Waals surface area contributed by atoms with Gasteiger partial charge in [-0.25, -0.2) is 4.98 Å². The van der Waals surface area contributed by atoms with Gasteiger partial charge in [0.2, 0.25) is 0 Å². The number of nitrogens with one attached hydrogen (secondary N) is 1. The van der Waals surface area contributed by atoms with Gasteiger partial charge in [0.25, 0.3) is 5.56 Å². The number of fused-ring (bicyclic) bond motifs is 1. The van der Waals surface area contributed by atoms with E-state index in [-0.39, 0.29) is 11.6 Å². The summed E-state index contributed by atoms with van der Waals surface area (Å²) >= 11 is 0. The molecule has 2 aromatic carbocycles. The van der Waals surface area contributed by atoms with Gasteiger partial charge in [-0.15, -0.1) is 6.58 Å². The Hall–Kier alpha value is -2.72. The van der Waals surface area contributed by atoms with Crippen LogP contribution in [0, 0.1) is 0 Å². The van der Waals surface area contributed by atoms with Crippen LogP contribution in [0.4, 0.5) is 0 Å². The second kappa shape index (κ2) is 5.95. The summed E-state index contributed by atoms with van der Waals surface area (Å²) in [5.41, 5.74) is 9.69. The minimum atomic E-state index is -0.313. The zero-order valence-corrected chi connectivity index (χ0v) is 12.1. The van der Waals surface area contributed by atoms with E-state index in [2.05, 4.69) is 16.5 Å². The van der Waals surface area contributed by atoms with Crippen LogP contribution in [-0.2, 0) is 6.42 Å². The van der Waals surface area contributed by atoms with Crippen LogP contribution in [0.25, 0.3) is 11.0 Å². The molecular weight excluding hydrogens is 274 g/mol. The second-order valence-electron chi connectivity index (χ2n) is 5.18. The summed E-state index contributed by atoms with van der Waals surface area (Å²) in [6.45, 7) is 3.73. The molecule has 0 spiro atoms. The Balaban J connectivity index is 2.13. The number of benzene rings is 2. The van der Waals surface area contributed by atoms with E-state index in [1.54, 1.807) is 6.08 Å². The Kier molecular flexibility index (Phi) is 3.85. The minimum Gasteiger partial charge on any atom is -0.321 e. The van der Waals surface area contributed by atoms with Crippen molar-refractivity contribution < 1.29 is 0 Å². The molecule has 22 heavy (non-hydrogen) atoms. The third kappa shape index (κ3) is 2.69. The quantitative estimate of drug-likeness (QED) is 0.726. The van der Waals surface area contributed by atoms with Crippen molar-refractivity contribution in [2.75, 3.05) is 0 Å². The fourth-order valence-corrected chi connectivity index (χ4v) is 2.47. The van der Waals surface area contributed by atoms with E-state index in [1.807, 2.05) is 48.5 Å². The molecule has 1 aromatic heterocycles. The Bertz CT molecular complexity index is 868. The lowest BCUT2D eigenvalue weighted by Crippen LogP contribution is -2.17. The van der Waals surface area contributed by atoms with E-state index in [0.29, 0.717) is 17.6 Å². The van der Waals surface area contributed by atoms with Gasteiger partial charge in [-0.05, 0) is 11.6 Å². The number of aromatic amines is 1. The maximum Gasteiger partial charge on any atom is 0.270 e. The normalized spacial score (nSPS) is 12.2. The molecule has 3 aromatic rings. The molecule has 4 nitrogen and oxygen atoms in total. The average molecular weight is 291 g/mol. The van der Waals surface area contributed by atoms with Gasteiger partial charge in [0.05, 0.1) is 17.1 Å². The van der Waals surface area contributed by atoms with Crippen LogP contribution < -0.4 is 11.3 Å². The lowest BCUT2D eigenvalue weighted by atomic mass is 10.0. The van der Waals surface area contributed by atoms with Crippen molar-refractivity contribution in [3.63, 3.8) is 0 Å². The van der Waals surface area contributed by atoms with Crippen LogP contribution >= 0.6 is 0 Å². The Morgan fingerprint density at radius 3 is 2.68 bits per heavy atom. The van der Waals surface area contributed by atoms with Crippen molar-refractivity contribution in [3.05, 3.63) is 88.4 Å². The molecule has 0 amide bonds. The maximum atomic E-state index is 12.2. The standard InChI is InChI=1S/C18H17N3O/c1-2-14(19)13-9-6-10-15-17(13)20-16(18(22)21-15)11-12-7-4-3-5-8-12/h2-10,14H,1,11,19H2,(H,21,22). The fourth-order valence-electron chi connectivity index (χ4n) is 2.47. The van der Waals surface area contributed by atoms with Crippen LogP contribution in [0.2, 0.25) is 0 Å². The van der Waals surface area contributed by atoms with Gasteiger partial charge in [-0.2, -0.15) is 0 Å². The van der Waals surface area contributed by atoms with Crippen LogP contribution in [0.5, 0.6) is 0 Å². The summed E-state index contributed by atoms with van der Waals surface area (Å²) in [6.07, 6.45) is 2.15. The Morgan fingerprint density at radius 2 is 1.95 bits per heavy atom. The molecule has 3 rings (SSSR count). The molecule has 0 aliphatic heterocycles. The molecule has 0 fully saturated rings. The van der Waals surface area contributed by atoms with E-state index in [4.69, 9.17) is 5.73 Å². The number of hydrogen-bond acceptors (Lipinski definition) is 3. The van der Waals surface area contributed by atoms with Crippen molar-refractivity contribution in [3.8, 4) is 0 Å². The van der Waals surface area contributed by atoms with E-state index < -0.39 is 0 Å². The summed E-state index contributed by atoms with van der Waals surface area (Å²) in [4.78, 5) is 19.7. The van der Waals surface area contributed by atoms with Crippen LogP contribution in [0.3, 0.4) is 0 Å². The first-order valence-corrected chi connectivity index (χ1v) is 7.13. The van der Waals surface area contributed by atoms with Gasteiger partial charge in [-0.1, -0.05) is 48.5 Å². The van der Waals surface area contributed by atoms with Crippen molar-refractivity contribution in [2.24, 2.45) is 5.73 Å². The van der Waals surface area contributed by atoms with Crippen LogP contribution in [0.1, 0.15) is 22.9 Å². The monoisotopic (exact) mass is 291 g/mol. The molecular formula is C18H17N3O. The van der Waals surface area contributed by atoms with Crippen molar-refractivity contribution in [1.82, 2.24) is 9.97 Å². The second-order valence-corrected chi connectivity index (χ2v) is 5.18. The third-order valence-electron chi connectivity index (χ3n) is 3.65. The molecule has 4 heteroatoms. The molecule has 0 radical (unpaired) electrons. The summed E-state index contributed by atoms with van der Waals surface area (Å²) in [5, 5.41) is 0. The highest BCUT2D eigenvalue weighted by Crippen LogP contribution is 2.20. The SMILES string of the molecule is C=CC(N)c1cccc2[nH]c(=O)c(Cc3ccccc3)nc12. The molecule has 0 saturated carbocycles. The van der Waals surface area contributed by atoms with Gasteiger partial charge in [-0.3, -0.25) is 4.79 Å². The molecule has 110 valence electrons. The van der Waals surface area contributed by atoms with E-state index in [9.17, 15) is 4.79 Å². The number of aromatic nitrogens is 2. The number of nitrogens with zero attached hydrogens (tertiary/aromatic N) is 1. The average Bonchev–Trinajstić information content (AvgIpc) is 2.55. The first-order valence-electron chi connectivity index (χ1n) is 7.13. The van der Waals surface area contributed by atoms with Crippen molar-refractivity contribution >= 4 is 11.0 Å². The van der Waals surface area contributed by atoms with Crippen molar-refractivity contribution in [2.45, 2.75) is 12.5 Å². The molecule has 0 bridgehead atoms. The topological polar surface area (TPSA) is 71.8 Å². The first-order chi connectivity index (χ1) is 10.7. The van der Waals surface area contributed by atoms with E-state index in [1.165, 1.54) is 0 Å². The summed E-state index contributed by atoms with van der Waals surface area (Å²) in [7, 11) is 0. The lowest BCUT2D eigenvalue weighted by molar-refractivity contribution is 0.913. The Morgan fingerprint density at radius 1 is 1.18 bits per heavy atom. The summed E-state index contributed by atoms with van der Waals surface area (Å²) < 4.78 is 0. The zero-order valence-electron chi connectivity index (χ0n) is 12.1. The van der Waals surface area contributed by atoms with Crippen LogP contribution in [0.15, 0.2) is 66.0 Å².